The molecule has 0 aromatic heterocycles. The number of rotatable bonds is 14. The van der Waals surface area contributed by atoms with Gasteiger partial charge in [-0.1, -0.05) is 55.5 Å². The van der Waals surface area contributed by atoms with Crippen molar-refractivity contribution in [2.24, 2.45) is 0 Å². The topological polar surface area (TPSA) is 114 Å². The molecule has 0 fully saturated rings. The van der Waals surface area contributed by atoms with Gasteiger partial charge >= 0.3 is 12.1 Å². The molecule has 4 unspecified atom stereocenters. The fourth-order valence-corrected chi connectivity index (χ4v) is 5.71. The van der Waals surface area contributed by atoms with Gasteiger partial charge in [0, 0.05) is 12.5 Å². The SMILES string of the molecule is CCC(C)N(C(=O)C(CCSC)NC(=O)OC(C)(C)C)C(C(=O)NC(Cc1ccccc1)C(=O)OC(C)(C)C)c1c(C)cccc1C. The van der Waals surface area contributed by atoms with Gasteiger partial charge in [-0.3, -0.25) is 9.59 Å². The van der Waals surface area contributed by atoms with Crippen LogP contribution in [0.3, 0.4) is 0 Å². The maximum atomic E-state index is 14.7. The summed E-state index contributed by atoms with van der Waals surface area (Å²) in [5, 5.41) is 5.77. The Morgan fingerprint density at radius 1 is 0.830 bits per heavy atom. The normalized spacial score (nSPS) is 14.3. The molecule has 0 aliphatic heterocycles. The predicted molar refractivity (Wildman–Crippen MR) is 189 cm³/mol. The molecule has 2 aromatic carbocycles. The van der Waals surface area contributed by atoms with E-state index < -0.39 is 59.2 Å². The van der Waals surface area contributed by atoms with E-state index in [0.29, 0.717) is 24.2 Å². The molecule has 0 bridgehead atoms. The highest BCUT2D eigenvalue weighted by atomic mass is 32.2. The first-order valence-electron chi connectivity index (χ1n) is 16.3. The van der Waals surface area contributed by atoms with Gasteiger partial charge in [-0.2, -0.15) is 11.8 Å². The number of nitrogens with one attached hydrogen (secondary N) is 2. The largest absolute Gasteiger partial charge is 0.458 e. The van der Waals surface area contributed by atoms with Crippen LogP contribution in [-0.2, 0) is 30.3 Å². The van der Waals surface area contributed by atoms with E-state index in [9.17, 15) is 19.2 Å². The Kier molecular flexibility index (Phi) is 14.8. The second-order valence-electron chi connectivity index (χ2n) is 14.0. The van der Waals surface area contributed by atoms with Crippen LogP contribution in [0.4, 0.5) is 4.79 Å². The summed E-state index contributed by atoms with van der Waals surface area (Å²) in [4.78, 5) is 57.5. The third-order valence-electron chi connectivity index (χ3n) is 7.55. The molecule has 4 atom stereocenters. The van der Waals surface area contributed by atoms with Gasteiger partial charge in [0.15, 0.2) is 0 Å². The zero-order valence-corrected chi connectivity index (χ0v) is 30.9. The highest BCUT2D eigenvalue weighted by molar-refractivity contribution is 7.98. The number of thioether (sulfide) groups is 1. The molecule has 0 heterocycles. The molecule has 10 heteroatoms. The minimum absolute atomic E-state index is 0.203. The Balaban J connectivity index is 2.69. The number of aryl methyl sites for hydroxylation is 2. The van der Waals surface area contributed by atoms with Crippen LogP contribution in [0.1, 0.15) is 96.5 Å². The number of hydrogen-bond acceptors (Lipinski definition) is 7. The second kappa shape index (κ2) is 17.6. The number of nitrogens with zero attached hydrogens (tertiary/aromatic N) is 1. The van der Waals surface area contributed by atoms with E-state index in [-0.39, 0.29) is 6.42 Å². The van der Waals surface area contributed by atoms with Gasteiger partial charge < -0.3 is 25.0 Å². The molecule has 3 amide bonds. The van der Waals surface area contributed by atoms with Crippen molar-refractivity contribution >= 4 is 35.6 Å². The Bertz CT molecular complexity index is 1330. The summed E-state index contributed by atoms with van der Waals surface area (Å²) >= 11 is 1.55. The fourth-order valence-electron chi connectivity index (χ4n) is 5.24. The summed E-state index contributed by atoms with van der Waals surface area (Å²) in [6.45, 7) is 18.3. The summed E-state index contributed by atoms with van der Waals surface area (Å²) < 4.78 is 11.3. The van der Waals surface area contributed by atoms with Gasteiger partial charge in [0.1, 0.15) is 29.3 Å². The van der Waals surface area contributed by atoms with E-state index in [1.54, 1.807) is 58.2 Å². The van der Waals surface area contributed by atoms with Crippen LogP contribution in [0.2, 0.25) is 0 Å². The molecule has 260 valence electrons. The second-order valence-corrected chi connectivity index (χ2v) is 15.0. The monoisotopic (exact) mass is 669 g/mol. The van der Waals surface area contributed by atoms with Crippen molar-refractivity contribution in [3.05, 3.63) is 70.8 Å². The lowest BCUT2D eigenvalue weighted by Gasteiger charge is -2.39. The van der Waals surface area contributed by atoms with Crippen molar-refractivity contribution in [2.45, 2.75) is 124 Å². The number of esters is 1. The highest BCUT2D eigenvalue weighted by Crippen LogP contribution is 2.32. The molecule has 0 spiro atoms. The molecule has 0 radical (unpaired) electrons. The first-order valence-corrected chi connectivity index (χ1v) is 17.7. The summed E-state index contributed by atoms with van der Waals surface area (Å²) in [6.07, 6.45) is 2.30. The summed E-state index contributed by atoms with van der Waals surface area (Å²) in [5.74, 6) is -0.887. The lowest BCUT2D eigenvalue weighted by molar-refractivity contribution is -0.159. The minimum Gasteiger partial charge on any atom is -0.458 e. The van der Waals surface area contributed by atoms with Crippen molar-refractivity contribution in [3.63, 3.8) is 0 Å². The maximum absolute atomic E-state index is 14.7. The average Bonchev–Trinajstić information content (AvgIpc) is 2.96. The third kappa shape index (κ3) is 12.5. The Labute approximate surface area is 285 Å². The van der Waals surface area contributed by atoms with Gasteiger partial charge in [0.25, 0.3) is 0 Å². The summed E-state index contributed by atoms with van der Waals surface area (Å²) in [6, 6.07) is 11.7. The highest BCUT2D eigenvalue weighted by Gasteiger charge is 2.41. The van der Waals surface area contributed by atoms with Crippen LogP contribution in [0.5, 0.6) is 0 Å². The quantitative estimate of drug-likeness (QED) is 0.216. The lowest BCUT2D eigenvalue weighted by atomic mass is 9.92. The van der Waals surface area contributed by atoms with Gasteiger partial charge in [0.2, 0.25) is 11.8 Å². The first kappa shape index (κ1) is 39.6. The number of carbonyl (C=O) groups excluding carboxylic acids is 4. The Morgan fingerprint density at radius 2 is 1.40 bits per heavy atom. The van der Waals surface area contributed by atoms with E-state index >= 15 is 0 Å². The fraction of sp³-hybridized carbons (Fsp3) is 0.568. The lowest BCUT2D eigenvalue weighted by Crippen LogP contribution is -2.57. The van der Waals surface area contributed by atoms with Crippen molar-refractivity contribution in [1.29, 1.82) is 0 Å². The van der Waals surface area contributed by atoms with E-state index in [4.69, 9.17) is 9.47 Å². The number of alkyl carbamates (subject to hydrolysis) is 1. The molecule has 0 saturated heterocycles. The number of carbonyl (C=O) groups is 4. The number of ether oxygens (including phenoxy) is 2. The predicted octanol–water partition coefficient (Wildman–Crippen LogP) is 6.69. The van der Waals surface area contributed by atoms with Crippen molar-refractivity contribution in [3.8, 4) is 0 Å². The molecule has 0 saturated carbocycles. The summed E-state index contributed by atoms with van der Waals surface area (Å²) in [7, 11) is 0. The van der Waals surface area contributed by atoms with Gasteiger partial charge in [-0.05, 0) is 109 Å². The molecular formula is C37H55N3O6S. The molecule has 0 aliphatic carbocycles. The molecule has 9 nitrogen and oxygen atoms in total. The summed E-state index contributed by atoms with van der Waals surface area (Å²) in [5.41, 5.74) is 1.62. The number of hydrogen-bond donors (Lipinski definition) is 2. The molecular weight excluding hydrogens is 614 g/mol. The van der Waals surface area contributed by atoms with Crippen LogP contribution >= 0.6 is 11.8 Å². The average molecular weight is 670 g/mol. The van der Waals surface area contributed by atoms with Crippen LogP contribution in [0.25, 0.3) is 0 Å². The van der Waals surface area contributed by atoms with Crippen LogP contribution in [0, 0.1) is 13.8 Å². The standard InChI is InChI=1S/C37H55N3O6S/c1-12-26(4)40(33(42)28(21-22-47-11)39-35(44)46-37(8,9)10)31(30-24(2)17-16-18-25(30)3)32(41)38-29(34(43)45-36(5,6)7)23-27-19-14-13-15-20-27/h13-20,26,28-29,31H,12,21-23H2,1-11H3,(H,38,41)(H,39,44). The number of benzene rings is 2. The van der Waals surface area contributed by atoms with E-state index in [1.165, 1.54) is 0 Å². The van der Waals surface area contributed by atoms with Crippen LogP contribution < -0.4 is 10.6 Å². The van der Waals surface area contributed by atoms with Gasteiger partial charge in [0.05, 0.1) is 0 Å². The minimum atomic E-state index is -1.10. The van der Waals surface area contributed by atoms with Crippen LogP contribution in [-0.4, -0.2) is 70.1 Å². The van der Waals surface area contributed by atoms with E-state index in [2.05, 4.69) is 10.6 Å². The van der Waals surface area contributed by atoms with Crippen molar-refractivity contribution < 1.29 is 28.7 Å². The molecule has 0 aliphatic rings. The zero-order valence-electron chi connectivity index (χ0n) is 30.1. The third-order valence-corrected chi connectivity index (χ3v) is 8.20. The molecule has 2 aromatic rings. The maximum Gasteiger partial charge on any atom is 0.408 e. The van der Waals surface area contributed by atoms with E-state index in [1.807, 2.05) is 82.5 Å². The van der Waals surface area contributed by atoms with Crippen LogP contribution in [0.15, 0.2) is 48.5 Å². The first-order chi connectivity index (χ1) is 21.9. The molecule has 47 heavy (non-hydrogen) atoms. The Hall–Kier alpha value is -3.53. The van der Waals surface area contributed by atoms with Gasteiger partial charge in [-0.25, -0.2) is 9.59 Å². The molecule has 2 N–H and O–H groups in total. The van der Waals surface area contributed by atoms with Crippen molar-refractivity contribution in [2.75, 3.05) is 12.0 Å². The van der Waals surface area contributed by atoms with Crippen molar-refractivity contribution in [1.82, 2.24) is 15.5 Å². The zero-order chi connectivity index (χ0) is 35.5. The number of amides is 3. The Morgan fingerprint density at radius 3 is 1.91 bits per heavy atom. The smallest absolute Gasteiger partial charge is 0.408 e. The molecule has 2 rings (SSSR count). The van der Waals surface area contributed by atoms with Gasteiger partial charge in [-0.15, -0.1) is 0 Å². The van der Waals surface area contributed by atoms with E-state index in [0.717, 1.165) is 16.7 Å².